The van der Waals surface area contributed by atoms with Crippen LogP contribution in [-0.2, 0) is 32.3 Å². The Morgan fingerprint density at radius 1 is 0.917 bits per heavy atom. The summed E-state index contributed by atoms with van der Waals surface area (Å²) in [5.41, 5.74) is 5.77. The largest absolute Gasteiger partial charge is 0.500 e. The van der Waals surface area contributed by atoms with Gasteiger partial charge in [0.15, 0.2) is 0 Å². The molecule has 0 aromatic carbocycles. The second-order valence-electron chi connectivity index (χ2n) is 5.54. The van der Waals surface area contributed by atoms with Crippen molar-refractivity contribution in [2.45, 2.75) is 26.3 Å². The molecule has 0 aliphatic carbocycles. The van der Waals surface area contributed by atoms with Crippen molar-refractivity contribution in [1.29, 1.82) is 0 Å². The Balaban J connectivity index is 0. The zero-order chi connectivity index (χ0) is 19.2. The summed E-state index contributed by atoms with van der Waals surface area (Å²) in [6, 6.07) is 0.806. The van der Waals surface area contributed by atoms with E-state index in [2.05, 4.69) is 23.3 Å². The average Bonchev–Trinajstić information content (AvgIpc) is 2.61. The lowest BCUT2D eigenvalue weighted by Gasteiger charge is -2.29. The first kappa shape index (κ1) is 25.0. The molecule has 0 aromatic rings. The molecule has 0 aromatic heterocycles. The van der Waals surface area contributed by atoms with Crippen LogP contribution in [0.15, 0.2) is 12.2 Å². The van der Waals surface area contributed by atoms with E-state index < -0.39 is 20.7 Å². The van der Waals surface area contributed by atoms with Crippen molar-refractivity contribution in [3.63, 3.8) is 0 Å². The highest BCUT2D eigenvalue weighted by Gasteiger charge is 2.38. The standard InChI is InChI=1S/C9H23NO3Si.C6H8O4/c1-9(2,8-10)6-7-14(11-3,12-4)13-5;1-9-5(7)3-4-6(8)10-2/h6-8,10H2,1-5H3;3-4H,1-2H3/b;4-3-. The van der Waals surface area contributed by atoms with Gasteiger partial charge in [-0.3, -0.25) is 0 Å². The lowest BCUT2D eigenvalue weighted by Crippen LogP contribution is -2.44. The highest BCUT2D eigenvalue weighted by atomic mass is 28.4. The number of esters is 2. The number of rotatable bonds is 9. The van der Waals surface area contributed by atoms with Gasteiger partial charge in [-0.2, -0.15) is 0 Å². The van der Waals surface area contributed by atoms with E-state index in [0.717, 1.165) is 24.6 Å². The Morgan fingerprint density at radius 2 is 1.29 bits per heavy atom. The van der Waals surface area contributed by atoms with Gasteiger partial charge in [-0.25, -0.2) is 9.59 Å². The molecule has 0 spiro atoms. The van der Waals surface area contributed by atoms with Crippen molar-refractivity contribution < 1.29 is 32.3 Å². The number of hydrogen-bond donors (Lipinski definition) is 1. The minimum atomic E-state index is -2.40. The van der Waals surface area contributed by atoms with Crippen LogP contribution in [0.5, 0.6) is 0 Å². The van der Waals surface area contributed by atoms with E-state index in [9.17, 15) is 9.59 Å². The van der Waals surface area contributed by atoms with Gasteiger partial charge in [-0.05, 0) is 18.4 Å². The fourth-order valence-corrected chi connectivity index (χ4v) is 3.52. The molecular weight excluding hydrogens is 334 g/mol. The molecule has 0 radical (unpaired) electrons. The maximum absolute atomic E-state index is 10.3. The maximum atomic E-state index is 10.3. The fraction of sp³-hybridized carbons (Fsp3) is 0.733. The van der Waals surface area contributed by atoms with Gasteiger partial charge in [0.2, 0.25) is 0 Å². The highest BCUT2D eigenvalue weighted by molar-refractivity contribution is 6.60. The molecular formula is C15H31NO7Si. The Labute approximate surface area is 145 Å². The van der Waals surface area contributed by atoms with Crippen LogP contribution < -0.4 is 5.73 Å². The lowest BCUT2D eigenvalue weighted by molar-refractivity contribution is -0.137. The molecule has 24 heavy (non-hydrogen) atoms. The van der Waals surface area contributed by atoms with Crippen LogP contribution in [0, 0.1) is 5.41 Å². The summed E-state index contributed by atoms with van der Waals surface area (Å²) in [6.45, 7) is 4.93. The van der Waals surface area contributed by atoms with Crippen molar-refractivity contribution in [3.05, 3.63) is 12.2 Å². The summed E-state index contributed by atoms with van der Waals surface area (Å²) in [6.07, 6.45) is 2.93. The normalized spacial score (nSPS) is 11.7. The third-order valence-electron chi connectivity index (χ3n) is 3.35. The molecule has 0 rings (SSSR count). The Bertz CT molecular complexity index is 369. The lowest BCUT2D eigenvalue weighted by atomic mass is 9.91. The van der Waals surface area contributed by atoms with Crippen molar-refractivity contribution >= 4 is 20.7 Å². The number of nitrogens with two attached hydrogens (primary N) is 1. The molecule has 8 nitrogen and oxygen atoms in total. The van der Waals surface area contributed by atoms with Crippen LogP contribution in [-0.4, -0.2) is 62.8 Å². The Morgan fingerprint density at radius 3 is 1.54 bits per heavy atom. The molecule has 0 saturated heterocycles. The monoisotopic (exact) mass is 365 g/mol. The van der Waals surface area contributed by atoms with E-state index in [1.165, 1.54) is 14.2 Å². The first-order valence-electron chi connectivity index (χ1n) is 7.35. The minimum absolute atomic E-state index is 0.119. The highest BCUT2D eigenvalue weighted by Crippen LogP contribution is 2.26. The number of ether oxygens (including phenoxy) is 2. The summed E-state index contributed by atoms with van der Waals surface area (Å²) in [7, 11) is 4.95. The van der Waals surface area contributed by atoms with Gasteiger partial charge in [0.1, 0.15) is 0 Å². The topological polar surface area (TPSA) is 106 Å². The SMILES string of the molecule is COC(=O)/C=C\C(=O)OC.CO[Si](CCC(C)(C)CN)(OC)OC. The van der Waals surface area contributed by atoms with Crippen molar-refractivity contribution in [1.82, 2.24) is 0 Å². The average molecular weight is 365 g/mol. The second-order valence-corrected chi connectivity index (χ2v) is 8.63. The molecule has 142 valence electrons. The summed E-state index contributed by atoms with van der Waals surface area (Å²) in [4.78, 5) is 20.6. The van der Waals surface area contributed by atoms with Gasteiger partial charge in [0.25, 0.3) is 0 Å². The van der Waals surface area contributed by atoms with Crippen LogP contribution in [0.3, 0.4) is 0 Å². The third-order valence-corrected chi connectivity index (χ3v) is 6.08. The van der Waals surface area contributed by atoms with Gasteiger partial charge < -0.3 is 28.5 Å². The van der Waals surface area contributed by atoms with Crippen LogP contribution in [0.1, 0.15) is 20.3 Å². The van der Waals surface area contributed by atoms with E-state index in [-0.39, 0.29) is 5.41 Å². The van der Waals surface area contributed by atoms with Crippen molar-refractivity contribution in [2.24, 2.45) is 11.1 Å². The molecule has 0 aliphatic heterocycles. The van der Waals surface area contributed by atoms with Gasteiger partial charge in [-0.15, -0.1) is 0 Å². The van der Waals surface area contributed by atoms with Crippen LogP contribution in [0.4, 0.5) is 0 Å². The molecule has 0 amide bonds. The van der Waals surface area contributed by atoms with E-state index in [1.807, 2.05) is 0 Å². The minimum Gasteiger partial charge on any atom is -0.466 e. The first-order valence-corrected chi connectivity index (χ1v) is 9.28. The molecule has 0 atom stereocenters. The number of carbonyl (C=O) groups is 2. The van der Waals surface area contributed by atoms with Gasteiger partial charge in [-0.1, -0.05) is 13.8 Å². The maximum Gasteiger partial charge on any atom is 0.500 e. The molecule has 0 bridgehead atoms. The van der Waals surface area contributed by atoms with E-state index in [1.54, 1.807) is 21.3 Å². The molecule has 0 fully saturated rings. The molecule has 9 heteroatoms. The quantitative estimate of drug-likeness (QED) is 0.368. The van der Waals surface area contributed by atoms with Crippen molar-refractivity contribution in [2.75, 3.05) is 42.1 Å². The zero-order valence-corrected chi connectivity index (χ0v) is 16.7. The number of hydrogen-bond acceptors (Lipinski definition) is 8. The molecule has 0 unspecified atom stereocenters. The van der Waals surface area contributed by atoms with E-state index in [0.29, 0.717) is 6.54 Å². The smallest absolute Gasteiger partial charge is 0.466 e. The Kier molecular flexibility index (Phi) is 13.6. The summed E-state index contributed by atoms with van der Waals surface area (Å²) >= 11 is 0. The second kappa shape index (κ2) is 13.1. The fourth-order valence-electron chi connectivity index (χ4n) is 1.42. The number of carbonyl (C=O) groups excluding carboxylic acids is 2. The van der Waals surface area contributed by atoms with Gasteiger partial charge in [0.05, 0.1) is 14.2 Å². The first-order chi connectivity index (χ1) is 11.2. The predicted octanol–water partition coefficient (Wildman–Crippen LogP) is 1.13. The van der Waals surface area contributed by atoms with Gasteiger partial charge in [0, 0.05) is 39.5 Å². The molecule has 0 saturated carbocycles. The molecule has 0 aliphatic rings. The van der Waals surface area contributed by atoms with Crippen LogP contribution in [0.2, 0.25) is 6.04 Å². The summed E-state index contributed by atoms with van der Waals surface area (Å²) in [5.74, 6) is -1.16. The molecule has 2 N–H and O–H groups in total. The van der Waals surface area contributed by atoms with Crippen LogP contribution in [0.25, 0.3) is 0 Å². The van der Waals surface area contributed by atoms with Gasteiger partial charge >= 0.3 is 20.7 Å². The summed E-state index contributed by atoms with van der Waals surface area (Å²) in [5, 5.41) is 0. The van der Waals surface area contributed by atoms with Crippen molar-refractivity contribution in [3.8, 4) is 0 Å². The van der Waals surface area contributed by atoms with Crippen LogP contribution >= 0.6 is 0 Å². The predicted molar refractivity (Wildman–Crippen MR) is 92.2 cm³/mol. The third kappa shape index (κ3) is 11.3. The Hall–Kier alpha value is -1.26. The molecule has 0 heterocycles. The van der Waals surface area contributed by atoms with E-state index >= 15 is 0 Å². The summed E-state index contributed by atoms with van der Waals surface area (Å²) < 4.78 is 24.4. The number of methoxy groups -OCH3 is 2. The zero-order valence-electron chi connectivity index (χ0n) is 15.7. The van der Waals surface area contributed by atoms with E-state index in [4.69, 9.17) is 19.0 Å².